The fourth-order valence-electron chi connectivity index (χ4n) is 2.49. The second kappa shape index (κ2) is 6.75. The van der Waals surface area contributed by atoms with Crippen LogP contribution in [0.5, 0.6) is 0 Å². The second-order valence-electron chi connectivity index (χ2n) is 6.15. The molecule has 0 bridgehead atoms. The topological polar surface area (TPSA) is 118 Å². The smallest absolute Gasteiger partial charge is 0.311 e. The van der Waals surface area contributed by atoms with Crippen molar-refractivity contribution < 1.29 is 18.1 Å². The second-order valence-corrected chi connectivity index (χ2v) is 8.13. The van der Waals surface area contributed by atoms with Gasteiger partial charge in [0.05, 0.1) is 4.92 Å². The van der Waals surface area contributed by atoms with E-state index in [0.717, 1.165) is 19.1 Å². The molecule has 0 spiro atoms. The summed E-state index contributed by atoms with van der Waals surface area (Å²) in [6, 6.07) is 10.7. The molecule has 3 rings (SSSR count). The fourth-order valence-corrected chi connectivity index (χ4v) is 3.35. The average molecular weight is 375 g/mol. The zero-order chi connectivity index (χ0) is 18.9. The molecule has 0 saturated heterocycles. The van der Waals surface area contributed by atoms with Crippen LogP contribution < -0.4 is 10.6 Å². The Kier molecular flexibility index (Phi) is 4.64. The first-order chi connectivity index (χ1) is 12.3. The maximum Gasteiger partial charge on any atom is 0.311 e. The van der Waals surface area contributed by atoms with Gasteiger partial charge in [0.25, 0.3) is 0 Å². The third-order valence-corrected chi connectivity index (χ3v) is 5.09. The van der Waals surface area contributed by atoms with Crippen LogP contribution in [0.25, 0.3) is 0 Å². The van der Waals surface area contributed by atoms with E-state index in [1.165, 1.54) is 18.2 Å². The number of carbonyl (C=O) groups excluding carboxylic acids is 1. The Morgan fingerprint density at radius 2 is 1.73 bits per heavy atom. The van der Waals surface area contributed by atoms with Gasteiger partial charge in [0.15, 0.2) is 9.84 Å². The Morgan fingerprint density at radius 3 is 2.27 bits per heavy atom. The van der Waals surface area contributed by atoms with Gasteiger partial charge in [-0.1, -0.05) is 6.07 Å². The molecular formula is C17H17N3O5S. The molecule has 1 amide bonds. The molecule has 26 heavy (non-hydrogen) atoms. The van der Waals surface area contributed by atoms with Crippen molar-refractivity contribution in [3.8, 4) is 0 Å². The molecule has 2 aromatic carbocycles. The number of nitrogens with zero attached hydrogens (tertiary/aromatic N) is 1. The van der Waals surface area contributed by atoms with Crippen LogP contribution >= 0.6 is 0 Å². The summed E-state index contributed by atoms with van der Waals surface area (Å²) < 4.78 is 23.6. The summed E-state index contributed by atoms with van der Waals surface area (Å²) in [5.41, 5.74) is 0.740. The van der Waals surface area contributed by atoms with Crippen molar-refractivity contribution in [1.29, 1.82) is 0 Å². The zero-order valence-corrected chi connectivity index (χ0v) is 14.7. The third-order valence-electron chi connectivity index (χ3n) is 3.96. The molecular weight excluding hydrogens is 358 g/mol. The number of nitrogens with one attached hydrogen (secondary N) is 2. The lowest BCUT2D eigenvalue weighted by molar-refractivity contribution is -0.386. The van der Waals surface area contributed by atoms with E-state index < -0.39 is 20.4 Å². The minimum absolute atomic E-state index is 0.0119. The maximum atomic E-state index is 11.8. The monoisotopic (exact) mass is 375 g/mol. The first kappa shape index (κ1) is 17.9. The van der Waals surface area contributed by atoms with Crippen molar-refractivity contribution in [2.45, 2.75) is 17.7 Å². The summed E-state index contributed by atoms with van der Waals surface area (Å²) in [5, 5.41) is 17.0. The molecule has 2 aromatic rings. The number of hydrogen-bond acceptors (Lipinski definition) is 6. The molecule has 0 heterocycles. The highest BCUT2D eigenvalue weighted by atomic mass is 32.2. The molecule has 8 nitrogen and oxygen atoms in total. The number of anilines is 3. The van der Waals surface area contributed by atoms with Gasteiger partial charge >= 0.3 is 5.69 Å². The van der Waals surface area contributed by atoms with Gasteiger partial charge in [0.2, 0.25) is 5.91 Å². The van der Waals surface area contributed by atoms with E-state index in [1.54, 1.807) is 24.3 Å². The molecule has 1 aliphatic carbocycles. The number of para-hydroxylation sites is 1. The van der Waals surface area contributed by atoms with Gasteiger partial charge in [-0.25, -0.2) is 8.42 Å². The Hall–Kier alpha value is -2.94. The van der Waals surface area contributed by atoms with Gasteiger partial charge in [-0.15, -0.1) is 0 Å². The van der Waals surface area contributed by atoms with E-state index in [0.29, 0.717) is 11.4 Å². The number of nitro benzene ring substituents is 1. The van der Waals surface area contributed by atoms with E-state index in [-0.39, 0.29) is 22.4 Å². The van der Waals surface area contributed by atoms with E-state index in [2.05, 4.69) is 10.6 Å². The Balaban J connectivity index is 1.84. The summed E-state index contributed by atoms with van der Waals surface area (Å²) in [6.45, 7) is 0. The quantitative estimate of drug-likeness (QED) is 0.591. The summed E-state index contributed by atoms with van der Waals surface area (Å²) in [7, 11) is -3.74. The largest absolute Gasteiger partial charge is 0.350 e. The standard InChI is InChI=1S/C17H17N3O5S/c1-26(24,25)15-4-2-3-14(16(15)20(22)23)18-12-7-9-13(10-8-12)19-17(21)11-5-6-11/h2-4,7-11,18H,5-6H2,1H3,(H,19,21). The molecule has 0 aromatic heterocycles. The Labute approximate surface area is 150 Å². The molecule has 0 atom stereocenters. The van der Waals surface area contributed by atoms with Gasteiger partial charge in [-0.3, -0.25) is 14.9 Å². The number of sulfone groups is 1. The lowest BCUT2D eigenvalue weighted by Crippen LogP contribution is -2.13. The predicted molar refractivity (Wildman–Crippen MR) is 97.3 cm³/mol. The van der Waals surface area contributed by atoms with Crippen LogP contribution in [0.3, 0.4) is 0 Å². The molecule has 136 valence electrons. The van der Waals surface area contributed by atoms with Crippen LogP contribution in [0.2, 0.25) is 0 Å². The SMILES string of the molecule is CS(=O)(=O)c1cccc(Nc2ccc(NC(=O)C3CC3)cc2)c1[N+](=O)[O-]. The van der Waals surface area contributed by atoms with Crippen LogP contribution in [0.1, 0.15) is 12.8 Å². The first-order valence-corrected chi connectivity index (χ1v) is 9.80. The number of rotatable bonds is 6. The minimum Gasteiger partial charge on any atom is -0.350 e. The molecule has 1 aliphatic rings. The molecule has 0 aliphatic heterocycles. The van der Waals surface area contributed by atoms with Crippen LogP contribution in [0.4, 0.5) is 22.7 Å². The van der Waals surface area contributed by atoms with E-state index in [4.69, 9.17) is 0 Å². The van der Waals surface area contributed by atoms with Gasteiger partial charge in [0, 0.05) is 23.5 Å². The van der Waals surface area contributed by atoms with E-state index >= 15 is 0 Å². The van der Waals surface area contributed by atoms with Crippen molar-refractivity contribution in [1.82, 2.24) is 0 Å². The summed E-state index contributed by atoms with van der Waals surface area (Å²) >= 11 is 0. The first-order valence-electron chi connectivity index (χ1n) is 7.91. The van der Waals surface area contributed by atoms with E-state index in [1.807, 2.05) is 0 Å². The van der Waals surface area contributed by atoms with Crippen LogP contribution in [0, 0.1) is 16.0 Å². The van der Waals surface area contributed by atoms with Gasteiger partial charge in [-0.2, -0.15) is 0 Å². The molecule has 2 N–H and O–H groups in total. The summed E-state index contributed by atoms with van der Waals surface area (Å²) in [4.78, 5) is 22.1. The number of nitro groups is 1. The van der Waals surface area contributed by atoms with Crippen LogP contribution in [-0.4, -0.2) is 25.5 Å². The average Bonchev–Trinajstić information content (AvgIpc) is 3.40. The minimum atomic E-state index is -3.74. The fraction of sp³-hybridized carbons (Fsp3) is 0.235. The van der Waals surface area contributed by atoms with Crippen molar-refractivity contribution in [2.75, 3.05) is 16.9 Å². The molecule has 0 radical (unpaired) electrons. The lowest BCUT2D eigenvalue weighted by atomic mass is 10.2. The Morgan fingerprint density at radius 1 is 1.12 bits per heavy atom. The molecule has 9 heteroatoms. The number of hydrogen-bond donors (Lipinski definition) is 2. The van der Waals surface area contributed by atoms with Crippen molar-refractivity contribution >= 4 is 38.5 Å². The van der Waals surface area contributed by atoms with Crippen LogP contribution in [-0.2, 0) is 14.6 Å². The number of carbonyl (C=O) groups is 1. The molecule has 1 fully saturated rings. The Bertz CT molecular complexity index is 966. The lowest BCUT2D eigenvalue weighted by Gasteiger charge is -2.10. The van der Waals surface area contributed by atoms with E-state index in [9.17, 15) is 23.3 Å². The third kappa shape index (κ3) is 3.99. The molecule has 0 unspecified atom stereocenters. The zero-order valence-electron chi connectivity index (χ0n) is 13.9. The van der Waals surface area contributed by atoms with Gasteiger partial charge in [-0.05, 0) is 49.2 Å². The summed E-state index contributed by atoms with van der Waals surface area (Å²) in [5.74, 6) is 0.0800. The highest BCUT2D eigenvalue weighted by molar-refractivity contribution is 7.90. The van der Waals surface area contributed by atoms with Gasteiger partial charge in [0.1, 0.15) is 10.6 Å². The summed E-state index contributed by atoms with van der Waals surface area (Å²) in [6.07, 6.45) is 2.74. The van der Waals surface area contributed by atoms with Gasteiger partial charge < -0.3 is 10.6 Å². The van der Waals surface area contributed by atoms with Crippen molar-refractivity contribution in [2.24, 2.45) is 5.92 Å². The molecule has 1 saturated carbocycles. The van der Waals surface area contributed by atoms with Crippen molar-refractivity contribution in [3.05, 3.63) is 52.6 Å². The van der Waals surface area contributed by atoms with Crippen LogP contribution in [0.15, 0.2) is 47.4 Å². The highest BCUT2D eigenvalue weighted by Crippen LogP contribution is 2.34. The maximum absolute atomic E-state index is 11.8. The van der Waals surface area contributed by atoms with Crippen molar-refractivity contribution in [3.63, 3.8) is 0 Å². The number of amides is 1. The normalized spacial score (nSPS) is 13.9. The predicted octanol–water partition coefficient (Wildman–Crippen LogP) is 3.09. The number of benzene rings is 2. The highest BCUT2D eigenvalue weighted by Gasteiger charge is 2.29.